The van der Waals surface area contributed by atoms with Crippen LogP contribution in [0.2, 0.25) is 0 Å². The zero-order chi connectivity index (χ0) is 17.5. The van der Waals surface area contributed by atoms with Crippen LogP contribution in [0, 0.1) is 0 Å². The Kier molecular flexibility index (Phi) is 5.91. The van der Waals surface area contributed by atoms with Crippen molar-refractivity contribution < 1.29 is 23.8 Å². The van der Waals surface area contributed by atoms with Crippen molar-refractivity contribution in [2.75, 3.05) is 32.8 Å². The molecule has 2 aromatic rings. The van der Waals surface area contributed by atoms with E-state index in [1.165, 1.54) is 17.9 Å². The van der Waals surface area contributed by atoms with Gasteiger partial charge in [-0.05, 0) is 24.3 Å². The molecule has 0 fully saturated rings. The van der Waals surface area contributed by atoms with Gasteiger partial charge in [-0.2, -0.15) is 5.10 Å². The molecule has 1 aromatic heterocycles. The largest absolute Gasteiger partial charge is 0.489 e. The lowest BCUT2D eigenvalue weighted by Gasteiger charge is -2.13. The van der Waals surface area contributed by atoms with E-state index in [4.69, 9.17) is 14.2 Å². The molecule has 24 heavy (non-hydrogen) atoms. The third kappa shape index (κ3) is 4.32. The molecule has 2 rings (SSSR count). The standard InChI is InChI=1S/C16H19N3O5/c1-19-7-6-13(18-19)15(20)17-12-5-4-11(16(21)23-3)10-14(12)24-9-8-22-2/h4-7,10H,8-9H2,1-3H3,(H,17,20). The number of amides is 1. The van der Waals surface area contributed by atoms with Crippen LogP contribution in [0.25, 0.3) is 0 Å². The van der Waals surface area contributed by atoms with E-state index in [9.17, 15) is 9.59 Å². The predicted molar refractivity (Wildman–Crippen MR) is 86.3 cm³/mol. The summed E-state index contributed by atoms with van der Waals surface area (Å²) in [4.78, 5) is 23.9. The number of nitrogens with zero attached hydrogens (tertiary/aromatic N) is 2. The molecule has 0 radical (unpaired) electrons. The van der Waals surface area contributed by atoms with Crippen molar-refractivity contribution in [1.29, 1.82) is 0 Å². The Morgan fingerprint density at radius 1 is 1.21 bits per heavy atom. The van der Waals surface area contributed by atoms with Gasteiger partial charge in [-0.25, -0.2) is 4.79 Å². The van der Waals surface area contributed by atoms with Crippen molar-refractivity contribution >= 4 is 17.6 Å². The summed E-state index contributed by atoms with van der Waals surface area (Å²) in [6.07, 6.45) is 1.67. The molecule has 8 heteroatoms. The number of carbonyl (C=O) groups is 2. The first-order chi connectivity index (χ1) is 11.5. The Labute approximate surface area is 139 Å². The highest BCUT2D eigenvalue weighted by Crippen LogP contribution is 2.27. The number of aryl methyl sites for hydroxylation is 1. The van der Waals surface area contributed by atoms with Gasteiger partial charge in [0.2, 0.25) is 0 Å². The Hall–Kier alpha value is -2.87. The maximum Gasteiger partial charge on any atom is 0.337 e. The van der Waals surface area contributed by atoms with E-state index in [1.54, 1.807) is 38.6 Å². The molecule has 1 amide bonds. The second-order valence-corrected chi connectivity index (χ2v) is 4.87. The fourth-order valence-corrected chi connectivity index (χ4v) is 1.95. The molecule has 1 N–H and O–H groups in total. The van der Waals surface area contributed by atoms with Crippen molar-refractivity contribution in [2.24, 2.45) is 7.05 Å². The van der Waals surface area contributed by atoms with Gasteiger partial charge < -0.3 is 19.5 Å². The molecule has 8 nitrogen and oxygen atoms in total. The van der Waals surface area contributed by atoms with Gasteiger partial charge in [0.1, 0.15) is 12.4 Å². The molecule has 0 bridgehead atoms. The van der Waals surface area contributed by atoms with Gasteiger partial charge in [0, 0.05) is 20.4 Å². The number of rotatable bonds is 7. The molecule has 1 aromatic carbocycles. The van der Waals surface area contributed by atoms with Crippen LogP contribution < -0.4 is 10.1 Å². The van der Waals surface area contributed by atoms with Crippen LogP contribution in [0.5, 0.6) is 5.75 Å². The lowest BCUT2D eigenvalue weighted by atomic mass is 10.2. The Morgan fingerprint density at radius 3 is 2.62 bits per heavy atom. The molecule has 0 spiro atoms. The quantitative estimate of drug-likeness (QED) is 0.609. The molecule has 0 aliphatic carbocycles. The number of aromatic nitrogens is 2. The minimum absolute atomic E-state index is 0.271. The molecular formula is C16H19N3O5. The molecule has 1 heterocycles. The molecule has 0 aliphatic heterocycles. The second-order valence-electron chi connectivity index (χ2n) is 4.87. The molecular weight excluding hydrogens is 314 g/mol. The summed E-state index contributed by atoms with van der Waals surface area (Å²) in [5.41, 5.74) is 1.02. The lowest BCUT2D eigenvalue weighted by Crippen LogP contribution is -2.15. The normalized spacial score (nSPS) is 10.3. The van der Waals surface area contributed by atoms with Crippen LogP contribution in [0.4, 0.5) is 5.69 Å². The summed E-state index contributed by atoms with van der Waals surface area (Å²) in [7, 11) is 4.57. The van der Waals surface area contributed by atoms with Gasteiger partial charge in [0.05, 0.1) is 25.0 Å². The summed E-state index contributed by atoms with van der Waals surface area (Å²) in [6.45, 7) is 0.643. The van der Waals surface area contributed by atoms with Crippen LogP contribution in [-0.2, 0) is 16.5 Å². The van der Waals surface area contributed by atoms with Gasteiger partial charge in [0.15, 0.2) is 5.69 Å². The number of methoxy groups -OCH3 is 2. The number of hydrogen-bond acceptors (Lipinski definition) is 6. The summed E-state index contributed by atoms with van der Waals surface area (Å²) < 4.78 is 16.7. The number of esters is 1. The van der Waals surface area contributed by atoms with Crippen molar-refractivity contribution in [3.63, 3.8) is 0 Å². The van der Waals surface area contributed by atoms with Crippen molar-refractivity contribution in [3.05, 3.63) is 41.7 Å². The Bertz CT molecular complexity index is 726. The maximum atomic E-state index is 12.2. The van der Waals surface area contributed by atoms with Crippen LogP contribution in [0.15, 0.2) is 30.5 Å². The first-order valence-electron chi connectivity index (χ1n) is 7.20. The number of ether oxygens (including phenoxy) is 3. The van der Waals surface area contributed by atoms with E-state index in [-0.39, 0.29) is 18.2 Å². The first kappa shape index (κ1) is 17.5. The molecule has 0 saturated heterocycles. The Balaban J connectivity index is 2.22. The van der Waals surface area contributed by atoms with E-state index in [1.807, 2.05) is 0 Å². The highest BCUT2D eigenvalue weighted by Gasteiger charge is 2.15. The predicted octanol–water partition coefficient (Wildman–Crippen LogP) is 1.48. The zero-order valence-corrected chi connectivity index (χ0v) is 13.7. The number of nitrogens with one attached hydrogen (secondary N) is 1. The molecule has 0 saturated carbocycles. The molecule has 0 atom stereocenters. The zero-order valence-electron chi connectivity index (χ0n) is 13.7. The second kappa shape index (κ2) is 8.11. The number of benzene rings is 1. The molecule has 128 valence electrons. The van der Waals surface area contributed by atoms with Gasteiger partial charge >= 0.3 is 5.97 Å². The lowest BCUT2D eigenvalue weighted by molar-refractivity contribution is 0.0600. The van der Waals surface area contributed by atoms with E-state index in [0.717, 1.165) is 0 Å². The third-order valence-electron chi connectivity index (χ3n) is 3.14. The van der Waals surface area contributed by atoms with Crippen molar-refractivity contribution in [2.45, 2.75) is 0 Å². The topological polar surface area (TPSA) is 91.7 Å². The molecule has 0 unspecified atom stereocenters. The van der Waals surface area contributed by atoms with Crippen LogP contribution >= 0.6 is 0 Å². The fourth-order valence-electron chi connectivity index (χ4n) is 1.95. The van der Waals surface area contributed by atoms with Gasteiger partial charge in [-0.3, -0.25) is 9.48 Å². The number of anilines is 1. The smallest absolute Gasteiger partial charge is 0.337 e. The number of carbonyl (C=O) groups excluding carboxylic acids is 2. The van der Waals surface area contributed by atoms with E-state index in [0.29, 0.717) is 23.6 Å². The SMILES string of the molecule is COCCOc1cc(C(=O)OC)ccc1NC(=O)c1ccn(C)n1. The highest BCUT2D eigenvalue weighted by molar-refractivity contribution is 6.04. The van der Waals surface area contributed by atoms with Crippen LogP contribution in [-0.4, -0.2) is 49.1 Å². The average molecular weight is 333 g/mol. The highest BCUT2D eigenvalue weighted by atomic mass is 16.5. The van der Waals surface area contributed by atoms with E-state index < -0.39 is 5.97 Å². The van der Waals surface area contributed by atoms with Gasteiger partial charge in [-0.15, -0.1) is 0 Å². The third-order valence-corrected chi connectivity index (χ3v) is 3.14. The average Bonchev–Trinajstić information content (AvgIpc) is 3.02. The summed E-state index contributed by atoms with van der Waals surface area (Å²) in [5, 5.41) is 6.76. The first-order valence-corrected chi connectivity index (χ1v) is 7.20. The minimum Gasteiger partial charge on any atom is -0.489 e. The monoisotopic (exact) mass is 333 g/mol. The summed E-state index contributed by atoms with van der Waals surface area (Å²) >= 11 is 0. The maximum absolute atomic E-state index is 12.2. The van der Waals surface area contributed by atoms with Crippen molar-refractivity contribution in [1.82, 2.24) is 9.78 Å². The summed E-state index contributed by atoms with van der Waals surface area (Å²) in [5.74, 6) is -0.522. The minimum atomic E-state index is -0.491. The van der Waals surface area contributed by atoms with Gasteiger partial charge in [0.25, 0.3) is 5.91 Å². The summed E-state index contributed by atoms with van der Waals surface area (Å²) in [6, 6.07) is 6.23. The van der Waals surface area contributed by atoms with Crippen LogP contribution in [0.1, 0.15) is 20.8 Å². The van der Waals surface area contributed by atoms with E-state index in [2.05, 4.69) is 10.4 Å². The van der Waals surface area contributed by atoms with Crippen molar-refractivity contribution in [3.8, 4) is 5.75 Å². The Morgan fingerprint density at radius 2 is 2.00 bits per heavy atom. The van der Waals surface area contributed by atoms with Crippen LogP contribution in [0.3, 0.4) is 0 Å². The fraction of sp³-hybridized carbons (Fsp3) is 0.312. The number of hydrogen-bond donors (Lipinski definition) is 1. The van der Waals surface area contributed by atoms with E-state index >= 15 is 0 Å². The van der Waals surface area contributed by atoms with Gasteiger partial charge in [-0.1, -0.05) is 0 Å². The molecule has 0 aliphatic rings.